The van der Waals surface area contributed by atoms with E-state index in [1.807, 2.05) is 0 Å². The van der Waals surface area contributed by atoms with Gasteiger partial charge in [-0.3, -0.25) is 4.79 Å². The lowest BCUT2D eigenvalue weighted by molar-refractivity contribution is 0.0699. The average molecular weight is 435 g/mol. The van der Waals surface area contributed by atoms with Crippen LogP contribution in [0.1, 0.15) is 21.0 Å². The minimum Gasteiger partial charge on any atom is -0.478 e. The van der Waals surface area contributed by atoms with Gasteiger partial charge >= 0.3 is 11.9 Å². The number of para-hydroxylation sites is 1. The lowest BCUT2D eigenvalue weighted by Crippen LogP contribution is -2.14. The summed E-state index contributed by atoms with van der Waals surface area (Å²) in [6, 6.07) is 7.91. The number of benzene rings is 2. The van der Waals surface area contributed by atoms with Crippen molar-refractivity contribution in [3.8, 4) is 10.4 Å². The van der Waals surface area contributed by atoms with Gasteiger partial charge in [0.05, 0.1) is 15.6 Å². The molecule has 6 nitrogen and oxygen atoms in total. The van der Waals surface area contributed by atoms with Crippen molar-refractivity contribution in [2.45, 2.75) is 0 Å². The van der Waals surface area contributed by atoms with E-state index in [0.29, 0.717) is 5.56 Å². The van der Waals surface area contributed by atoms with Gasteiger partial charge in [0.2, 0.25) is 0 Å². The van der Waals surface area contributed by atoms with Gasteiger partial charge in [-0.1, -0.05) is 23.7 Å². The van der Waals surface area contributed by atoms with Gasteiger partial charge in [-0.2, -0.15) is 0 Å². The van der Waals surface area contributed by atoms with Gasteiger partial charge in [0.15, 0.2) is 11.4 Å². The Kier molecular flexibility index (Phi) is 4.77. The van der Waals surface area contributed by atoms with Gasteiger partial charge in [-0.05, 0) is 29.8 Å². The third-order valence-corrected chi connectivity index (χ3v) is 5.33. The fourth-order valence-electron chi connectivity index (χ4n) is 2.70. The maximum absolute atomic E-state index is 13.8. The topological polar surface area (TPSA) is 92.4 Å². The Bertz CT molecular complexity index is 1280. The molecule has 1 amide bonds. The molecular formula is C19H9ClF2N2O4S. The number of anilines is 1. The Labute approximate surface area is 170 Å². The summed E-state index contributed by atoms with van der Waals surface area (Å²) < 4.78 is 32.7. The van der Waals surface area contributed by atoms with Crippen molar-refractivity contribution in [1.29, 1.82) is 0 Å². The minimum atomic E-state index is -1.32. The van der Waals surface area contributed by atoms with Crippen molar-refractivity contribution < 1.29 is 27.9 Å². The van der Waals surface area contributed by atoms with Crippen LogP contribution in [-0.2, 0) is 0 Å². The van der Waals surface area contributed by atoms with Crippen LogP contribution in [0.25, 0.3) is 21.5 Å². The van der Waals surface area contributed by atoms with Crippen molar-refractivity contribution in [3.63, 3.8) is 0 Å². The normalized spacial score (nSPS) is 11.0. The van der Waals surface area contributed by atoms with E-state index in [1.165, 1.54) is 35.7 Å². The number of carbonyl (C=O) groups is 2. The average Bonchev–Trinajstić information content (AvgIpc) is 3.29. The first-order valence-corrected chi connectivity index (χ1v) is 9.27. The Morgan fingerprint density at radius 3 is 2.66 bits per heavy atom. The van der Waals surface area contributed by atoms with Crippen molar-refractivity contribution in [3.05, 3.63) is 69.9 Å². The molecule has 0 radical (unpaired) electrons. The standard InChI is InChI=1S/C19H9ClF2N2O4S/c20-9-5-4-8(6-11(9)22)16-14(19(26)27)12(7-29-16)23-17(25)18-24-15-10(21)2-1-3-13(15)28-18/h1-7H,(H,23,25)(H,26,27). The third kappa shape index (κ3) is 3.45. The fourth-order valence-corrected chi connectivity index (χ4v) is 3.81. The number of hydrogen-bond acceptors (Lipinski definition) is 5. The summed E-state index contributed by atoms with van der Waals surface area (Å²) in [6.07, 6.45) is 0. The predicted molar refractivity (Wildman–Crippen MR) is 104 cm³/mol. The van der Waals surface area contributed by atoms with Crippen LogP contribution in [0.15, 0.2) is 46.2 Å². The first kappa shape index (κ1) is 19.0. The van der Waals surface area contributed by atoms with E-state index in [0.717, 1.165) is 17.4 Å². The van der Waals surface area contributed by atoms with Crippen LogP contribution >= 0.6 is 22.9 Å². The van der Waals surface area contributed by atoms with E-state index in [1.54, 1.807) is 0 Å². The number of carbonyl (C=O) groups excluding carboxylic acids is 1. The number of nitrogens with zero attached hydrogens (tertiary/aromatic N) is 1. The Balaban J connectivity index is 1.70. The number of nitrogens with one attached hydrogen (secondary N) is 1. The van der Waals surface area contributed by atoms with E-state index in [9.17, 15) is 23.5 Å². The van der Waals surface area contributed by atoms with Crippen LogP contribution in [0.4, 0.5) is 14.5 Å². The van der Waals surface area contributed by atoms with Crippen LogP contribution in [-0.4, -0.2) is 22.0 Å². The number of hydrogen-bond donors (Lipinski definition) is 2. The second-order valence-corrected chi connectivity index (χ2v) is 7.13. The molecule has 0 aliphatic rings. The van der Waals surface area contributed by atoms with E-state index in [2.05, 4.69) is 10.3 Å². The van der Waals surface area contributed by atoms with Crippen LogP contribution in [0, 0.1) is 11.6 Å². The number of thiophene rings is 1. The molecule has 10 heteroatoms. The summed E-state index contributed by atoms with van der Waals surface area (Å²) in [5.41, 5.74) is 0.00157. The number of carboxylic acid groups (broad SMARTS) is 1. The highest BCUT2D eigenvalue weighted by molar-refractivity contribution is 7.14. The first-order chi connectivity index (χ1) is 13.8. The second-order valence-electron chi connectivity index (χ2n) is 5.85. The molecule has 4 rings (SSSR count). The summed E-state index contributed by atoms with van der Waals surface area (Å²) in [6.45, 7) is 0. The molecular weight excluding hydrogens is 426 g/mol. The van der Waals surface area contributed by atoms with Crippen LogP contribution < -0.4 is 5.32 Å². The molecule has 4 aromatic rings. The molecule has 0 fully saturated rings. The first-order valence-electron chi connectivity index (χ1n) is 8.01. The number of aromatic carboxylic acids is 1. The predicted octanol–water partition coefficient (Wildman–Crippen LogP) is 5.44. The lowest BCUT2D eigenvalue weighted by atomic mass is 10.1. The maximum Gasteiger partial charge on any atom is 0.339 e. The molecule has 0 aliphatic carbocycles. The number of aromatic nitrogens is 1. The van der Waals surface area contributed by atoms with Gasteiger partial charge in [0.1, 0.15) is 16.9 Å². The quantitative estimate of drug-likeness (QED) is 0.446. The smallest absolute Gasteiger partial charge is 0.339 e. The highest BCUT2D eigenvalue weighted by Crippen LogP contribution is 2.37. The maximum atomic E-state index is 13.8. The van der Waals surface area contributed by atoms with Crippen LogP contribution in [0.5, 0.6) is 0 Å². The summed E-state index contributed by atoms with van der Waals surface area (Å²) in [4.78, 5) is 28.3. The minimum absolute atomic E-state index is 0.0272. The molecule has 2 aromatic carbocycles. The molecule has 29 heavy (non-hydrogen) atoms. The zero-order chi connectivity index (χ0) is 20.7. The van der Waals surface area contributed by atoms with Crippen LogP contribution in [0.2, 0.25) is 5.02 Å². The van der Waals surface area contributed by atoms with E-state index in [4.69, 9.17) is 16.0 Å². The number of halogens is 3. The monoisotopic (exact) mass is 434 g/mol. The van der Waals surface area contributed by atoms with E-state index in [-0.39, 0.29) is 32.3 Å². The van der Waals surface area contributed by atoms with Crippen LogP contribution in [0.3, 0.4) is 0 Å². The van der Waals surface area contributed by atoms with Gasteiger partial charge < -0.3 is 14.8 Å². The molecule has 0 unspecified atom stereocenters. The highest BCUT2D eigenvalue weighted by atomic mass is 35.5. The molecule has 0 saturated heterocycles. The second kappa shape index (κ2) is 7.26. The summed E-state index contributed by atoms with van der Waals surface area (Å²) in [5.74, 6) is -3.95. The summed E-state index contributed by atoms with van der Waals surface area (Å²) in [7, 11) is 0. The fraction of sp³-hybridized carbons (Fsp3) is 0. The molecule has 0 bridgehead atoms. The molecule has 0 spiro atoms. The Morgan fingerprint density at radius 2 is 1.97 bits per heavy atom. The molecule has 0 saturated carbocycles. The largest absolute Gasteiger partial charge is 0.478 e. The zero-order valence-corrected chi connectivity index (χ0v) is 15.8. The number of rotatable bonds is 4. The molecule has 2 heterocycles. The highest BCUT2D eigenvalue weighted by Gasteiger charge is 2.24. The molecule has 2 N–H and O–H groups in total. The third-order valence-electron chi connectivity index (χ3n) is 4.00. The van der Waals surface area contributed by atoms with Gasteiger partial charge in [-0.15, -0.1) is 11.3 Å². The molecule has 0 atom stereocenters. The molecule has 2 aromatic heterocycles. The van der Waals surface area contributed by atoms with Gasteiger partial charge in [0.25, 0.3) is 5.89 Å². The SMILES string of the molecule is O=C(Nc1csc(-c2ccc(Cl)c(F)c2)c1C(=O)O)c1nc2c(F)cccc2o1. The van der Waals surface area contributed by atoms with Gasteiger partial charge in [-0.25, -0.2) is 18.6 Å². The Hall–Kier alpha value is -3.30. The summed E-state index contributed by atoms with van der Waals surface area (Å²) in [5, 5.41) is 13.3. The lowest BCUT2D eigenvalue weighted by Gasteiger charge is -2.05. The summed E-state index contributed by atoms with van der Waals surface area (Å²) >= 11 is 6.67. The number of amides is 1. The molecule has 146 valence electrons. The Morgan fingerprint density at radius 1 is 1.17 bits per heavy atom. The van der Waals surface area contributed by atoms with Gasteiger partial charge in [0, 0.05) is 5.38 Å². The zero-order valence-electron chi connectivity index (χ0n) is 14.2. The number of oxazole rings is 1. The number of carboxylic acids is 1. The van der Waals surface area contributed by atoms with Crippen molar-refractivity contribution in [2.75, 3.05) is 5.32 Å². The molecule has 0 aliphatic heterocycles. The number of fused-ring (bicyclic) bond motifs is 1. The van der Waals surface area contributed by atoms with Crippen molar-refractivity contribution >= 4 is 51.6 Å². The van der Waals surface area contributed by atoms with E-state index < -0.39 is 29.4 Å². The van der Waals surface area contributed by atoms with Crippen molar-refractivity contribution in [2.24, 2.45) is 0 Å². The van der Waals surface area contributed by atoms with Crippen molar-refractivity contribution in [1.82, 2.24) is 4.98 Å². The van der Waals surface area contributed by atoms with E-state index >= 15 is 0 Å².